The number of nitrogens with zero attached hydrogens (tertiary/aromatic N) is 1. The lowest BCUT2D eigenvalue weighted by atomic mass is 9.99. The summed E-state index contributed by atoms with van der Waals surface area (Å²) in [5.41, 5.74) is 8.79. The number of benzene rings is 1. The van der Waals surface area contributed by atoms with Crippen LogP contribution in [0.5, 0.6) is 5.75 Å². The highest BCUT2D eigenvalue weighted by Gasteiger charge is 2.07. The van der Waals surface area contributed by atoms with E-state index < -0.39 is 0 Å². The van der Waals surface area contributed by atoms with Crippen molar-refractivity contribution in [1.82, 2.24) is 0 Å². The van der Waals surface area contributed by atoms with Crippen LogP contribution in [0.4, 0.5) is 0 Å². The van der Waals surface area contributed by atoms with E-state index in [9.17, 15) is 0 Å². The lowest BCUT2D eigenvalue weighted by Crippen LogP contribution is -2.06. The van der Waals surface area contributed by atoms with E-state index >= 15 is 0 Å². The third-order valence-corrected chi connectivity index (χ3v) is 2.40. The lowest BCUT2D eigenvalue weighted by molar-refractivity contribution is 0.411. The summed E-state index contributed by atoms with van der Waals surface area (Å²) in [5.74, 6) is 0.834. The van der Waals surface area contributed by atoms with Gasteiger partial charge in [-0.05, 0) is 42.6 Å². The van der Waals surface area contributed by atoms with Crippen LogP contribution in [0.3, 0.4) is 0 Å². The Morgan fingerprint density at radius 1 is 1.40 bits per heavy atom. The molecule has 0 fully saturated rings. The molecule has 1 rings (SSSR count). The van der Waals surface area contributed by atoms with E-state index in [0.717, 1.165) is 28.9 Å². The van der Waals surface area contributed by atoms with E-state index in [1.54, 1.807) is 7.11 Å². The first kappa shape index (κ1) is 11.5. The molecule has 3 nitrogen and oxygen atoms in total. The topological polar surface area (TPSA) is 59.0 Å². The van der Waals surface area contributed by atoms with Crippen LogP contribution in [0.1, 0.15) is 16.7 Å². The molecule has 0 saturated heterocycles. The summed E-state index contributed by atoms with van der Waals surface area (Å²) in [6.45, 7) is 2.60. The number of ether oxygens (including phenoxy) is 1. The number of rotatable bonds is 4. The van der Waals surface area contributed by atoms with Crippen LogP contribution in [-0.2, 0) is 12.8 Å². The third-order valence-electron chi connectivity index (χ3n) is 2.40. The van der Waals surface area contributed by atoms with Crippen LogP contribution < -0.4 is 10.5 Å². The van der Waals surface area contributed by atoms with E-state index in [-0.39, 0.29) is 0 Å². The molecule has 0 atom stereocenters. The number of methoxy groups -OCH3 is 1. The summed E-state index contributed by atoms with van der Waals surface area (Å²) in [5, 5.41) is 8.72. The highest BCUT2D eigenvalue weighted by Crippen LogP contribution is 2.23. The molecule has 0 aromatic heterocycles. The van der Waals surface area contributed by atoms with Gasteiger partial charge in [-0.25, -0.2) is 0 Å². The molecule has 1 aromatic carbocycles. The van der Waals surface area contributed by atoms with Crippen molar-refractivity contribution in [2.75, 3.05) is 13.7 Å². The molecule has 15 heavy (non-hydrogen) atoms. The molecule has 0 spiro atoms. The Labute approximate surface area is 90.5 Å². The Kier molecular flexibility index (Phi) is 4.14. The Morgan fingerprint density at radius 3 is 2.67 bits per heavy atom. The summed E-state index contributed by atoms with van der Waals surface area (Å²) in [7, 11) is 1.64. The average Bonchev–Trinajstić information content (AvgIpc) is 2.22. The quantitative estimate of drug-likeness (QED) is 0.809. The van der Waals surface area contributed by atoms with Crippen molar-refractivity contribution in [3.05, 3.63) is 28.8 Å². The summed E-state index contributed by atoms with van der Waals surface area (Å²) >= 11 is 0. The zero-order valence-electron chi connectivity index (χ0n) is 9.21. The fourth-order valence-electron chi connectivity index (χ4n) is 1.65. The molecule has 3 heteroatoms. The van der Waals surface area contributed by atoms with E-state index in [1.165, 1.54) is 0 Å². The SMILES string of the molecule is COc1cc(CC#N)c(CCN)cc1C. The van der Waals surface area contributed by atoms with Crippen molar-refractivity contribution < 1.29 is 4.74 Å². The van der Waals surface area contributed by atoms with Gasteiger partial charge in [0.25, 0.3) is 0 Å². The second kappa shape index (κ2) is 5.38. The standard InChI is InChI=1S/C12H16N2O/c1-9-7-10(3-5-13)11(4-6-14)8-12(9)15-2/h7-8H,3-5,13H2,1-2H3. The first-order valence-corrected chi connectivity index (χ1v) is 4.96. The first-order valence-electron chi connectivity index (χ1n) is 4.96. The number of nitrogens with two attached hydrogens (primary N) is 1. The van der Waals surface area contributed by atoms with Crippen LogP contribution in [0.15, 0.2) is 12.1 Å². The maximum atomic E-state index is 8.72. The molecule has 0 aliphatic carbocycles. The fraction of sp³-hybridized carbons (Fsp3) is 0.417. The van der Waals surface area contributed by atoms with Gasteiger partial charge in [0.15, 0.2) is 0 Å². The average molecular weight is 204 g/mol. The summed E-state index contributed by atoms with van der Waals surface area (Å²) < 4.78 is 5.22. The molecule has 0 amide bonds. The molecule has 1 aromatic rings. The highest BCUT2D eigenvalue weighted by atomic mass is 16.5. The van der Waals surface area contributed by atoms with Gasteiger partial charge in [0.05, 0.1) is 19.6 Å². The van der Waals surface area contributed by atoms with Gasteiger partial charge in [-0.1, -0.05) is 6.07 Å². The minimum Gasteiger partial charge on any atom is -0.496 e. The first-order chi connectivity index (χ1) is 7.22. The molecule has 0 unspecified atom stereocenters. The van der Waals surface area contributed by atoms with Crippen LogP contribution in [0, 0.1) is 18.3 Å². The second-order valence-corrected chi connectivity index (χ2v) is 3.46. The van der Waals surface area contributed by atoms with Gasteiger partial charge < -0.3 is 10.5 Å². The molecule has 80 valence electrons. The molecular weight excluding hydrogens is 188 g/mol. The molecular formula is C12H16N2O. The molecule has 0 heterocycles. The van der Waals surface area contributed by atoms with Crippen LogP contribution in [0.25, 0.3) is 0 Å². The summed E-state index contributed by atoms with van der Waals surface area (Å²) in [6, 6.07) is 6.15. The zero-order valence-corrected chi connectivity index (χ0v) is 9.21. The number of aryl methyl sites for hydroxylation is 1. The number of nitriles is 1. The van der Waals surface area contributed by atoms with Gasteiger partial charge in [-0.15, -0.1) is 0 Å². The molecule has 2 N–H and O–H groups in total. The monoisotopic (exact) mass is 204 g/mol. The van der Waals surface area contributed by atoms with Gasteiger partial charge in [-0.2, -0.15) is 5.26 Å². The number of hydrogen-bond acceptors (Lipinski definition) is 3. The maximum Gasteiger partial charge on any atom is 0.122 e. The van der Waals surface area contributed by atoms with Crippen LogP contribution in [-0.4, -0.2) is 13.7 Å². The van der Waals surface area contributed by atoms with Crippen molar-refractivity contribution in [1.29, 1.82) is 5.26 Å². The van der Waals surface area contributed by atoms with Crippen molar-refractivity contribution in [2.45, 2.75) is 19.8 Å². The smallest absolute Gasteiger partial charge is 0.122 e. The Balaban J connectivity index is 3.14. The van der Waals surface area contributed by atoms with E-state index in [4.69, 9.17) is 15.7 Å². The van der Waals surface area contributed by atoms with Gasteiger partial charge in [-0.3, -0.25) is 0 Å². The van der Waals surface area contributed by atoms with Crippen molar-refractivity contribution in [3.63, 3.8) is 0 Å². The maximum absolute atomic E-state index is 8.72. The Bertz CT molecular complexity index is 380. The molecule has 0 bridgehead atoms. The minimum absolute atomic E-state index is 0.409. The second-order valence-electron chi connectivity index (χ2n) is 3.46. The fourth-order valence-corrected chi connectivity index (χ4v) is 1.65. The van der Waals surface area contributed by atoms with E-state index in [1.807, 2.05) is 13.0 Å². The van der Waals surface area contributed by atoms with Crippen molar-refractivity contribution >= 4 is 0 Å². The largest absolute Gasteiger partial charge is 0.496 e. The normalized spacial score (nSPS) is 9.73. The van der Waals surface area contributed by atoms with E-state index in [0.29, 0.717) is 13.0 Å². The van der Waals surface area contributed by atoms with Crippen LogP contribution in [0.2, 0.25) is 0 Å². The Morgan fingerprint density at radius 2 is 2.13 bits per heavy atom. The number of hydrogen-bond donors (Lipinski definition) is 1. The van der Waals surface area contributed by atoms with Gasteiger partial charge in [0.2, 0.25) is 0 Å². The molecule has 0 saturated carbocycles. The predicted octanol–water partition coefficient (Wildman–Crippen LogP) is 1.57. The molecule has 0 aliphatic heterocycles. The van der Waals surface area contributed by atoms with Gasteiger partial charge in [0, 0.05) is 0 Å². The van der Waals surface area contributed by atoms with Crippen molar-refractivity contribution in [3.8, 4) is 11.8 Å². The molecule has 0 aliphatic rings. The third kappa shape index (κ3) is 2.71. The minimum atomic E-state index is 0.409. The highest BCUT2D eigenvalue weighted by molar-refractivity contribution is 5.43. The van der Waals surface area contributed by atoms with Gasteiger partial charge >= 0.3 is 0 Å². The summed E-state index contributed by atoms with van der Waals surface area (Å²) in [6.07, 6.45) is 1.22. The summed E-state index contributed by atoms with van der Waals surface area (Å²) in [4.78, 5) is 0. The zero-order chi connectivity index (χ0) is 11.3. The van der Waals surface area contributed by atoms with Crippen LogP contribution >= 0.6 is 0 Å². The van der Waals surface area contributed by atoms with E-state index in [2.05, 4.69) is 12.1 Å². The molecule has 0 radical (unpaired) electrons. The van der Waals surface area contributed by atoms with Crippen molar-refractivity contribution in [2.24, 2.45) is 5.73 Å². The predicted molar refractivity (Wildman–Crippen MR) is 59.8 cm³/mol. The lowest BCUT2D eigenvalue weighted by Gasteiger charge is -2.11. The Hall–Kier alpha value is -1.53. The van der Waals surface area contributed by atoms with Gasteiger partial charge in [0.1, 0.15) is 5.75 Å².